The van der Waals surface area contributed by atoms with Gasteiger partial charge in [0.15, 0.2) is 0 Å². The minimum absolute atomic E-state index is 0.285. The van der Waals surface area contributed by atoms with Crippen LogP contribution in [0.3, 0.4) is 0 Å². The van der Waals surface area contributed by atoms with Crippen LogP contribution in [0.25, 0.3) is 0 Å². The molecule has 3 heteroatoms. The summed E-state index contributed by atoms with van der Waals surface area (Å²) in [4.78, 5) is 13.8. The van der Waals surface area contributed by atoms with Crippen molar-refractivity contribution in [2.24, 2.45) is 5.92 Å². The largest absolute Gasteiger partial charge is 0.415 e. The van der Waals surface area contributed by atoms with Crippen LogP contribution in [-0.2, 0) is 0 Å². The first-order chi connectivity index (χ1) is 9.29. The molecule has 1 saturated carbocycles. The van der Waals surface area contributed by atoms with E-state index in [9.17, 15) is 4.79 Å². The van der Waals surface area contributed by atoms with Gasteiger partial charge in [-0.25, -0.2) is 4.79 Å². The Morgan fingerprint density at radius 2 is 1.89 bits per heavy atom. The van der Waals surface area contributed by atoms with Gasteiger partial charge < -0.3 is 9.64 Å². The number of para-hydroxylation sites is 1. The van der Waals surface area contributed by atoms with E-state index < -0.39 is 0 Å². The first kappa shape index (κ1) is 13.9. The van der Waals surface area contributed by atoms with E-state index in [1.807, 2.05) is 18.2 Å². The second-order valence-electron chi connectivity index (χ2n) is 5.13. The molecule has 0 spiro atoms. The lowest BCUT2D eigenvalue weighted by Gasteiger charge is -2.28. The fourth-order valence-corrected chi connectivity index (χ4v) is 2.59. The molecule has 0 aromatic heterocycles. The van der Waals surface area contributed by atoms with Crippen molar-refractivity contribution >= 4 is 6.09 Å². The number of carbonyl (C=O) groups excluding carboxylic acids is 1. The van der Waals surface area contributed by atoms with Crippen LogP contribution in [0, 0.1) is 12.8 Å². The van der Waals surface area contributed by atoms with Crippen molar-refractivity contribution < 1.29 is 9.53 Å². The summed E-state index contributed by atoms with van der Waals surface area (Å²) in [6.45, 7) is 5.07. The fourth-order valence-electron chi connectivity index (χ4n) is 2.59. The van der Waals surface area contributed by atoms with Crippen LogP contribution in [0.15, 0.2) is 30.3 Å². The Hall–Kier alpha value is -1.51. The number of nitrogens with zero attached hydrogens (tertiary/aromatic N) is 1. The second kappa shape index (κ2) is 7.17. The fraction of sp³-hybridized carbons (Fsp3) is 0.500. The maximum atomic E-state index is 12.1. The maximum absolute atomic E-state index is 12.1. The van der Waals surface area contributed by atoms with E-state index in [4.69, 9.17) is 4.74 Å². The molecule has 103 valence electrons. The third kappa shape index (κ3) is 4.27. The van der Waals surface area contributed by atoms with Gasteiger partial charge in [0, 0.05) is 13.1 Å². The van der Waals surface area contributed by atoms with Crippen molar-refractivity contribution in [3.63, 3.8) is 0 Å². The SMILES string of the molecule is [CH2]CN(CC1CCCCC1)C(=O)Oc1ccccc1. The lowest BCUT2D eigenvalue weighted by Crippen LogP contribution is -2.37. The van der Waals surface area contributed by atoms with Crippen LogP contribution in [0.1, 0.15) is 32.1 Å². The summed E-state index contributed by atoms with van der Waals surface area (Å²) >= 11 is 0. The molecule has 1 aliphatic carbocycles. The third-order valence-electron chi connectivity index (χ3n) is 3.68. The molecule has 1 fully saturated rings. The van der Waals surface area contributed by atoms with Crippen molar-refractivity contribution in [2.75, 3.05) is 13.1 Å². The smallest absolute Gasteiger partial charge is 0.410 e. The molecule has 19 heavy (non-hydrogen) atoms. The number of benzene rings is 1. The first-order valence-electron chi connectivity index (χ1n) is 7.10. The van der Waals surface area contributed by atoms with E-state index in [2.05, 4.69) is 6.92 Å². The summed E-state index contributed by atoms with van der Waals surface area (Å²) in [6, 6.07) is 9.20. The van der Waals surface area contributed by atoms with Crippen molar-refractivity contribution in [3.05, 3.63) is 37.3 Å². The molecule has 3 nitrogen and oxygen atoms in total. The molecule has 0 aliphatic heterocycles. The van der Waals surface area contributed by atoms with Gasteiger partial charge in [-0.2, -0.15) is 0 Å². The Morgan fingerprint density at radius 1 is 1.21 bits per heavy atom. The molecule has 1 radical (unpaired) electrons. The van der Waals surface area contributed by atoms with E-state index in [-0.39, 0.29) is 6.09 Å². The standard InChI is InChI=1S/C16H22NO2/c1-2-17(13-14-9-5-3-6-10-14)16(18)19-15-11-7-4-8-12-15/h4,7-8,11-12,14H,1-3,5-6,9-10,13H2. The summed E-state index contributed by atoms with van der Waals surface area (Å²) in [6.07, 6.45) is 6.04. The van der Waals surface area contributed by atoms with E-state index in [0.717, 1.165) is 6.54 Å². The zero-order valence-corrected chi connectivity index (χ0v) is 11.4. The molecule has 1 aromatic rings. The Morgan fingerprint density at radius 3 is 2.53 bits per heavy atom. The summed E-state index contributed by atoms with van der Waals surface area (Å²) in [5, 5.41) is 0. The van der Waals surface area contributed by atoms with Gasteiger partial charge in [0.1, 0.15) is 5.75 Å². The van der Waals surface area contributed by atoms with Crippen LogP contribution in [-0.4, -0.2) is 24.1 Å². The zero-order valence-electron chi connectivity index (χ0n) is 11.4. The van der Waals surface area contributed by atoms with Gasteiger partial charge in [0.25, 0.3) is 0 Å². The van der Waals surface area contributed by atoms with Gasteiger partial charge in [-0.15, -0.1) is 0 Å². The predicted octanol–water partition coefficient (Wildman–Crippen LogP) is 3.90. The molecule has 0 N–H and O–H groups in total. The molecular formula is C16H22NO2. The molecule has 0 unspecified atom stereocenters. The number of hydrogen-bond acceptors (Lipinski definition) is 2. The van der Waals surface area contributed by atoms with E-state index >= 15 is 0 Å². The van der Waals surface area contributed by atoms with Crippen LogP contribution in [0.4, 0.5) is 4.79 Å². The van der Waals surface area contributed by atoms with E-state index in [0.29, 0.717) is 18.2 Å². The van der Waals surface area contributed by atoms with Gasteiger partial charge >= 0.3 is 6.09 Å². The second-order valence-corrected chi connectivity index (χ2v) is 5.13. The quantitative estimate of drug-likeness (QED) is 0.821. The predicted molar refractivity (Wildman–Crippen MR) is 76.0 cm³/mol. The lowest BCUT2D eigenvalue weighted by molar-refractivity contribution is 0.143. The maximum Gasteiger partial charge on any atom is 0.415 e. The summed E-state index contributed by atoms with van der Waals surface area (Å²) < 4.78 is 5.36. The van der Waals surface area contributed by atoms with Crippen molar-refractivity contribution in [3.8, 4) is 5.75 Å². The van der Waals surface area contributed by atoms with Gasteiger partial charge in [-0.1, -0.05) is 37.5 Å². The average Bonchev–Trinajstić information content (AvgIpc) is 2.47. The Balaban J connectivity index is 1.87. The highest BCUT2D eigenvalue weighted by Gasteiger charge is 2.21. The summed E-state index contributed by atoms with van der Waals surface area (Å²) in [7, 11) is 0. The topological polar surface area (TPSA) is 29.5 Å². The number of hydrogen-bond donors (Lipinski definition) is 0. The minimum atomic E-state index is -0.285. The van der Waals surface area contributed by atoms with Crippen LogP contribution < -0.4 is 4.74 Å². The molecule has 0 heterocycles. The molecule has 2 rings (SSSR count). The molecule has 0 bridgehead atoms. The monoisotopic (exact) mass is 260 g/mol. The number of rotatable bonds is 4. The van der Waals surface area contributed by atoms with Crippen molar-refractivity contribution in [1.29, 1.82) is 0 Å². The van der Waals surface area contributed by atoms with Gasteiger partial charge in [0.05, 0.1) is 0 Å². The summed E-state index contributed by atoms with van der Waals surface area (Å²) in [5.41, 5.74) is 0. The lowest BCUT2D eigenvalue weighted by atomic mass is 9.89. The Bertz CT molecular complexity index is 385. The van der Waals surface area contributed by atoms with Gasteiger partial charge in [0.2, 0.25) is 0 Å². The van der Waals surface area contributed by atoms with Crippen molar-refractivity contribution in [2.45, 2.75) is 32.1 Å². The molecule has 0 atom stereocenters. The van der Waals surface area contributed by atoms with Crippen molar-refractivity contribution in [1.82, 2.24) is 4.90 Å². The zero-order chi connectivity index (χ0) is 13.5. The van der Waals surface area contributed by atoms with E-state index in [1.54, 1.807) is 17.0 Å². The average molecular weight is 260 g/mol. The van der Waals surface area contributed by atoms with Crippen LogP contribution in [0.2, 0.25) is 0 Å². The minimum Gasteiger partial charge on any atom is -0.410 e. The highest BCUT2D eigenvalue weighted by atomic mass is 16.6. The van der Waals surface area contributed by atoms with Crippen LogP contribution >= 0.6 is 0 Å². The molecule has 0 saturated heterocycles. The van der Waals surface area contributed by atoms with Gasteiger partial charge in [-0.05, 0) is 37.8 Å². The molecular weight excluding hydrogens is 238 g/mol. The number of amides is 1. The molecule has 1 aromatic carbocycles. The number of carbonyl (C=O) groups is 1. The molecule has 1 amide bonds. The first-order valence-corrected chi connectivity index (χ1v) is 7.10. The summed E-state index contributed by atoms with van der Waals surface area (Å²) in [5.74, 6) is 1.20. The highest BCUT2D eigenvalue weighted by molar-refractivity contribution is 5.70. The third-order valence-corrected chi connectivity index (χ3v) is 3.68. The van der Waals surface area contributed by atoms with E-state index in [1.165, 1.54) is 32.1 Å². The molecule has 1 aliphatic rings. The number of ether oxygens (including phenoxy) is 1. The van der Waals surface area contributed by atoms with Gasteiger partial charge in [-0.3, -0.25) is 0 Å². The normalized spacial score (nSPS) is 16.1. The Labute approximate surface area is 115 Å². The highest BCUT2D eigenvalue weighted by Crippen LogP contribution is 2.24. The van der Waals surface area contributed by atoms with Crippen LogP contribution in [0.5, 0.6) is 5.75 Å². The Kier molecular flexibility index (Phi) is 5.25.